The lowest BCUT2D eigenvalue weighted by Crippen LogP contribution is -2.34. The van der Waals surface area contributed by atoms with E-state index in [-0.39, 0.29) is 0 Å². The molecule has 0 radical (unpaired) electrons. The summed E-state index contributed by atoms with van der Waals surface area (Å²) < 4.78 is 39.6. The van der Waals surface area contributed by atoms with Crippen LogP contribution in [0.4, 0.5) is 35.3 Å². The quantitative estimate of drug-likeness (QED) is 0.813. The summed E-state index contributed by atoms with van der Waals surface area (Å²) in [6, 6.07) is 0.841. The molecule has 1 fully saturated rings. The Morgan fingerprint density at radius 3 is 2.38 bits per heavy atom. The third kappa shape index (κ3) is 4.04. The minimum absolute atomic E-state index is 0.291. The van der Waals surface area contributed by atoms with Gasteiger partial charge in [-0.3, -0.25) is 0 Å². The van der Waals surface area contributed by atoms with Crippen LogP contribution < -0.4 is 15.5 Å². The van der Waals surface area contributed by atoms with Crippen molar-refractivity contribution in [3.63, 3.8) is 0 Å². The molecule has 0 saturated carbocycles. The van der Waals surface area contributed by atoms with E-state index in [1.165, 1.54) is 12.4 Å². The smallest absolute Gasteiger partial charge is 0.323 e. The van der Waals surface area contributed by atoms with Crippen molar-refractivity contribution in [3.05, 3.63) is 42.0 Å². The Labute approximate surface area is 148 Å². The molecule has 26 heavy (non-hydrogen) atoms. The molecule has 0 unspecified atom stereocenters. The zero-order valence-electron chi connectivity index (χ0n) is 14.1. The zero-order valence-corrected chi connectivity index (χ0v) is 14.1. The van der Waals surface area contributed by atoms with Gasteiger partial charge in [-0.15, -0.1) is 0 Å². The van der Waals surface area contributed by atoms with Gasteiger partial charge < -0.3 is 15.5 Å². The number of benzene rings is 1. The average Bonchev–Trinajstić information content (AvgIpc) is 2.64. The SMILES string of the molecule is CC1CCN(c2ncc(NC(=O)Nc3ccc(F)c(F)c3F)cn2)CC1. The van der Waals surface area contributed by atoms with Crippen molar-refractivity contribution in [1.82, 2.24) is 9.97 Å². The Balaban J connectivity index is 1.60. The summed E-state index contributed by atoms with van der Waals surface area (Å²) in [5, 5.41) is 4.52. The van der Waals surface area contributed by atoms with E-state index in [9.17, 15) is 18.0 Å². The molecule has 2 N–H and O–H groups in total. The summed E-state index contributed by atoms with van der Waals surface area (Å²) in [4.78, 5) is 22.4. The zero-order chi connectivity index (χ0) is 18.7. The molecule has 1 saturated heterocycles. The molecule has 1 aromatic carbocycles. The average molecular weight is 365 g/mol. The monoisotopic (exact) mass is 365 g/mol. The fourth-order valence-corrected chi connectivity index (χ4v) is 2.66. The van der Waals surface area contributed by atoms with Gasteiger partial charge in [0, 0.05) is 13.1 Å². The molecule has 0 bridgehead atoms. The molecular weight excluding hydrogens is 347 g/mol. The van der Waals surface area contributed by atoms with Crippen molar-refractivity contribution in [2.75, 3.05) is 28.6 Å². The van der Waals surface area contributed by atoms with Crippen LogP contribution in [-0.2, 0) is 0 Å². The van der Waals surface area contributed by atoms with Crippen molar-refractivity contribution in [2.45, 2.75) is 19.8 Å². The summed E-state index contributed by atoms with van der Waals surface area (Å²) in [6.45, 7) is 3.97. The number of halogens is 3. The Hall–Kier alpha value is -2.84. The maximum atomic E-state index is 13.6. The normalized spacial score (nSPS) is 15.0. The lowest BCUT2D eigenvalue weighted by atomic mass is 10.00. The van der Waals surface area contributed by atoms with Crippen LogP contribution in [0.2, 0.25) is 0 Å². The molecule has 6 nitrogen and oxygen atoms in total. The number of hydrogen-bond donors (Lipinski definition) is 2. The number of nitrogens with one attached hydrogen (secondary N) is 2. The maximum absolute atomic E-state index is 13.6. The number of carbonyl (C=O) groups excluding carboxylic acids is 1. The summed E-state index contributed by atoms with van der Waals surface area (Å²) >= 11 is 0. The maximum Gasteiger partial charge on any atom is 0.323 e. The standard InChI is InChI=1S/C17H18F3N5O/c1-10-4-6-25(7-5-10)16-21-8-11(9-22-16)23-17(26)24-13-3-2-12(18)14(19)15(13)20/h2-3,8-10H,4-7H2,1H3,(H2,23,24,26). The van der Waals surface area contributed by atoms with Crippen LogP contribution in [0.15, 0.2) is 24.5 Å². The number of urea groups is 1. The molecule has 3 rings (SSSR count). The number of nitrogens with zero attached hydrogens (tertiary/aromatic N) is 3. The molecule has 138 valence electrons. The van der Waals surface area contributed by atoms with Gasteiger partial charge in [0.05, 0.1) is 23.8 Å². The first-order valence-electron chi connectivity index (χ1n) is 8.22. The summed E-state index contributed by atoms with van der Waals surface area (Å²) in [5.41, 5.74) is -0.180. The van der Waals surface area contributed by atoms with Gasteiger partial charge >= 0.3 is 6.03 Å². The highest BCUT2D eigenvalue weighted by Crippen LogP contribution is 2.21. The first-order valence-corrected chi connectivity index (χ1v) is 8.22. The largest absolute Gasteiger partial charge is 0.341 e. The first kappa shape index (κ1) is 18.0. The summed E-state index contributed by atoms with van der Waals surface area (Å²) in [5.74, 6) is -3.18. The van der Waals surface area contributed by atoms with Gasteiger partial charge in [-0.25, -0.2) is 27.9 Å². The lowest BCUT2D eigenvalue weighted by molar-refractivity contribution is 0.262. The first-order chi connectivity index (χ1) is 12.4. The number of anilines is 3. The minimum atomic E-state index is -1.65. The van der Waals surface area contributed by atoms with Crippen molar-refractivity contribution < 1.29 is 18.0 Å². The van der Waals surface area contributed by atoms with Gasteiger partial charge in [0.2, 0.25) is 5.95 Å². The Morgan fingerprint density at radius 2 is 1.73 bits per heavy atom. The number of amides is 2. The number of piperidine rings is 1. The van der Waals surface area contributed by atoms with Crippen LogP contribution in [0.5, 0.6) is 0 Å². The van der Waals surface area contributed by atoms with Crippen molar-refractivity contribution >= 4 is 23.4 Å². The molecule has 1 aliphatic heterocycles. The van der Waals surface area contributed by atoms with Crippen molar-refractivity contribution in [2.24, 2.45) is 5.92 Å². The van der Waals surface area contributed by atoms with E-state index in [0.717, 1.165) is 38.1 Å². The Kier molecular flexibility index (Phi) is 5.24. The summed E-state index contributed by atoms with van der Waals surface area (Å²) in [6.07, 6.45) is 5.01. The highest BCUT2D eigenvalue weighted by atomic mass is 19.2. The molecule has 9 heteroatoms. The van der Waals surface area contributed by atoms with Gasteiger partial charge in [0.15, 0.2) is 17.5 Å². The van der Waals surface area contributed by atoms with Gasteiger partial charge in [-0.05, 0) is 30.9 Å². The number of aromatic nitrogens is 2. The number of carbonyl (C=O) groups is 1. The third-order valence-corrected chi connectivity index (χ3v) is 4.25. The Morgan fingerprint density at radius 1 is 1.08 bits per heavy atom. The van der Waals surface area contributed by atoms with Crippen LogP contribution >= 0.6 is 0 Å². The number of hydrogen-bond acceptors (Lipinski definition) is 4. The van der Waals surface area contributed by atoms with Crippen molar-refractivity contribution in [3.8, 4) is 0 Å². The molecule has 1 aliphatic rings. The second-order valence-electron chi connectivity index (χ2n) is 6.24. The Bertz CT molecular complexity index is 792. The fourth-order valence-electron chi connectivity index (χ4n) is 2.66. The van der Waals surface area contributed by atoms with Crippen LogP contribution in [0.3, 0.4) is 0 Å². The van der Waals surface area contributed by atoms with Crippen LogP contribution in [0.1, 0.15) is 19.8 Å². The predicted octanol–water partition coefficient (Wildman–Crippen LogP) is 3.77. The van der Waals surface area contributed by atoms with E-state index in [1.807, 2.05) is 0 Å². The number of rotatable bonds is 3. The molecule has 2 heterocycles. The van der Waals surface area contributed by atoms with Gasteiger partial charge in [-0.1, -0.05) is 6.92 Å². The third-order valence-electron chi connectivity index (χ3n) is 4.25. The van der Waals surface area contributed by atoms with Crippen LogP contribution in [0, 0.1) is 23.4 Å². The van der Waals surface area contributed by atoms with E-state index in [0.29, 0.717) is 17.6 Å². The molecule has 0 spiro atoms. The van der Waals surface area contributed by atoms with Crippen LogP contribution in [0.25, 0.3) is 0 Å². The van der Waals surface area contributed by atoms with Gasteiger partial charge in [-0.2, -0.15) is 0 Å². The second kappa shape index (κ2) is 7.59. The van der Waals surface area contributed by atoms with Gasteiger partial charge in [0.1, 0.15) is 0 Å². The van der Waals surface area contributed by atoms with E-state index < -0.39 is 29.2 Å². The topological polar surface area (TPSA) is 70.2 Å². The van der Waals surface area contributed by atoms with E-state index >= 15 is 0 Å². The van der Waals surface area contributed by atoms with E-state index in [1.54, 1.807) is 0 Å². The highest BCUT2D eigenvalue weighted by molar-refractivity contribution is 5.99. The summed E-state index contributed by atoms with van der Waals surface area (Å²) in [7, 11) is 0. The second-order valence-corrected chi connectivity index (χ2v) is 6.24. The lowest BCUT2D eigenvalue weighted by Gasteiger charge is -2.30. The van der Waals surface area contributed by atoms with Gasteiger partial charge in [0.25, 0.3) is 0 Å². The minimum Gasteiger partial charge on any atom is -0.341 e. The molecular formula is C17H18F3N5O. The highest BCUT2D eigenvalue weighted by Gasteiger charge is 2.18. The predicted molar refractivity (Wildman–Crippen MR) is 91.6 cm³/mol. The van der Waals surface area contributed by atoms with E-state index in [2.05, 4.69) is 32.4 Å². The molecule has 2 amide bonds. The fraction of sp³-hybridized carbons (Fsp3) is 0.353. The van der Waals surface area contributed by atoms with Crippen molar-refractivity contribution in [1.29, 1.82) is 0 Å². The molecule has 1 aromatic heterocycles. The molecule has 0 aliphatic carbocycles. The molecule has 0 atom stereocenters. The molecule has 2 aromatic rings. The van der Waals surface area contributed by atoms with E-state index in [4.69, 9.17) is 0 Å². The van der Waals surface area contributed by atoms with Crippen LogP contribution in [-0.4, -0.2) is 29.1 Å².